The van der Waals surface area contributed by atoms with Crippen LogP contribution in [0.3, 0.4) is 0 Å². The lowest BCUT2D eigenvalue weighted by molar-refractivity contribution is -0.136. The van der Waals surface area contributed by atoms with Gasteiger partial charge in [-0.2, -0.15) is 0 Å². The summed E-state index contributed by atoms with van der Waals surface area (Å²) in [6.07, 6.45) is 0.00748. The second-order valence-electron chi connectivity index (χ2n) is 4.29. The molecule has 1 unspecified atom stereocenters. The average molecular weight is 295 g/mol. The van der Waals surface area contributed by atoms with Gasteiger partial charge in [-0.25, -0.2) is 4.90 Å². The largest absolute Gasteiger partial charge is 0.508 e. The summed E-state index contributed by atoms with van der Waals surface area (Å²) in [6.45, 7) is 0. The third-order valence-electron chi connectivity index (χ3n) is 2.83. The Balaban J connectivity index is 2.07. The van der Waals surface area contributed by atoms with E-state index < -0.39 is 11.2 Å². The van der Waals surface area contributed by atoms with Gasteiger partial charge in [-0.15, -0.1) is 11.8 Å². The highest BCUT2D eigenvalue weighted by molar-refractivity contribution is 8.00. The number of amides is 2. The Morgan fingerprint density at radius 1 is 1.40 bits per heavy atom. The van der Waals surface area contributed by atoms with Crippen LogP contribution in [0.25, 0.3) is 0 Å². The van der Waals surface area contributed by atoms with Crippen molar-refractivity contribution in [1.29, 1.82) is 0 Å². The zero-order chi connectivity index (χ0) is 14.7. The number of carboxylic acids is 1. The highest BCUT2D eigenvalue weighted by Gasteiger charge is 2.39. The first-order valence-electron chi connectivity index (χ1n) is 5.98. The lowest BCUT2D eigenvalue weighted by Gasteiger charge is -2.14. The van der Waals surface area contributed by atoms with Crippen LogP contribution in [-0.2, 0) is 14.4 Å². The highest BCUT2D eigenvalue weighted by Crippen LogP contribution is 2.31. The van der Waals surface area contributed by atoms with E-state index in [1.807, 2.05) is 0 Å². The van der Waals surface area contributed by atoms with Crippen molar-refractivity contribution in [3.8, 4) is 5.75 Å². The summed E-state index contributed by atoms with van der Waals surface area (Å²) < 4.78 is 0. The molecule has 1 aliphatic rings. The summed E-state index contributed by atoms with van der Waals surface area (Å²) in [5, 5.41) is 17.4. The van der Waals surface area contributed by atoms with Crippen LogP contribution in [0.15, 0.2) is 24.3 Å². The molecule has 20 heavy (non-hydrogen) atoms. The van der Waals surface area contributed by atoms with Crippen molar-refractivity contribution in [2.24, 2.45) is 0 Å². The van der Waals surface area contributed by atoms with Gasteiger partial charge in [0.1, 0.15) is 5.75 Å². The van der Waals surface area contributed by atoms with Gasteiger partial charge in [0.2, 0.25) is 11.8 Å². The van der Waals surface area contributed by atoms with Gasteiger partial charge in [-0.1, -0.05) is 6.07 Å². The van der Waals surface area contributed by atoms with Gasteiger partial charge < -0.3 is 10.2 Å². The van der Waals surface area contributed by atoms with Crippen LogP contribution in [0, 0.1) is 0 Å². The molecule has 0 spiro atoms. The molecule has 1 atom stereocenters. The maximum Gasteiger partial charge on any atom is 0.304 e. The fourth-order valence-electron chi connectivity index (χ4n) is 1.93. The first-order chi connectivity index (χ1) is 9.49. The lowest BCUT2D eigenvalue weighted by Crippen LogP contribution is -2.31. The molecular formula is C13H13NO5S. The molecule has 0 saturated carbocycles. The summed E-state index contributed by atoms with van der Waals surface area (Å²) in [7, 11) is 0. The number of aliphatic carboxylic acids is 1. The quantitative estimate of drug-likeness (QED) is 0.793. The molecule has 0 aliphatic carbocycles. The second kappa shape index (κ2) is 5.96. The first kappa shape index (κ1) is 14.4. The molecule has 1 fully saturated rings. The highest BCUT2D eigenvalue weighted by atomic mass is 32.2. The smallest absolute Gasteiger partial charge is 0.304 e. The summed E-state index contributed by atoms with van der Waals surface area (Å²) in [5.41, 5.74) is 0.335. The van der Waals surface area contributed by atoms with Crippen LogP contribution >= 0.6 is 11.8 Å². The van der Waals surface area contributed by atoms with Crippen molar-refractivity contribution < 1.29 is 24.6 Å². The molecule has 1 aromatic carbocycles. The minimum absolute atomic E-state index is 0.0231. The number of hydrogen-bond acceptors (Lipinski definition) is 5. The van der Waals surface area contributed by atoms with Crippen molar-refractivity contribution >= 4 is 35.2 Å². The number of phenolic OH excluding ortho intramolecular Hbond substituents is 1. The maximum atomic E-state index is 12.2. The summed E-state index contributed by atoms with van der Waals surface area (Å²) >= 11 is 1.17. The normalized spacial score (nSPS) is 18.6. The molecule has 0 bridgehead atoms. The fraction of sp³-hybridized carbons (Fsp3) is 0.308. The van der Waals surface area contributed by atoms with Gasteiger partial charge in [0.15, 0.2) is 0 Å². The summed E-state index contributed by atoms with van der Waals surface area (Å²) in [6, 6.07) is 5.92. The number of aromatic hydroxyl groups is 1. The molecule has 2 N–H and O–H groups in total. The Hall–Kier alpha value is -2.02. The Kier molecular flexibility index (Phi) is 4.29. The lowest BCUT2D eigenvalue weighted by atomic mass is 10.3. The van der Waals surface area contributed by atoms with Crippen molar-refractivity contribution in [2.45, 2.75) is 18.1 Å². The predicted molar refractivity (Wildman–Crippen MR) is 73.7 cm³/mol. The molecule has 0 aromatic heterocycles. The molecular weight excluding hydrogens is 282 g/mol. The van der Waals surface area contributed by atoms with Gasteiger partial charge in [0, 0.05) is 18.2 Å². The molecule has 2 rings (SSSR count). The Morgan fingerprint density at radius 2 is 2.15 bits per heavy atom. The number of carbonyl (C=O) groups is 3. The average Bonchev–Trinajstić information content (AvgIpc) is 2.64. The number of thioether (sulfide) groups is 1. The minimum Gasteiger partial charge on any atom is -0.508 e. The van der Waals surface area contributed by atoms with E-state index in [0.717, 1.165) is 4.90 Å². The Labute approximate surface area is 119 Å². The predicted octanol–water partition coefficient (Wildman–Crippen LogP) is 1.23. The van der Waals surface area contributed by atoms with Crippen LogP contribution in [0.2, 0.25) is 0 Å². The molecule has 2 amide bonds. The maximum absolute atomic E-state index is 12.2. The topological polar surface area (TPSA) is 94.9 Å². The number of hydrogen-bond donors (Lipinski definition) is 2. The Bertz CT molecular complexity index is 559. The van der Waals surface area contributed by atoms with E-state index in [4.69, 9.17) is 5.11 Å². The number of carbonyl (C=O) groups excluding carboxylic acids is 2. The van der Waals surface area contributed by atoms with Gasteiger partial charge in [-0.3, -0.25) is 14.4 Å². The van der Waals surface area contributed by atoms with Crippen molar-refractivity contribution in [3.63, 3.8) is 0 Å². The van der Waals surface area contributed by atoms with E-state index in [2.05, 4.69) is 0 Å². The molecule has 0 radical (unpaired) electrons. The Morgan fingerprint density at radius 3 is 2.80 bits per heavy atom. The van der Waals surface area contributed by atoms with E-state index in [1.165, 1.54) is 23.9 Å². The molecule has 1 aromatic rings. The van der Waals surface area contributed by atoms with Gasteiger partial charge in [0.05, 0.1) is 17.4 Å². The van der Waals surface area contributed by atoms with Crippen LogP contribution in [-0.4, -0.2) is 39.0 Å². The molecule has 106 valence electrons. The zero-order valence-corrected chi connectivity index (χ0v) is 11.3. The first-order valence-corrected chi connectivity index (χ1v) is 7.03. The van der Waals surface area contributed by atoms with E-state index in [-0.39, 0.29) is 36.2 Å². The van der Waals surface area contributed by atoms with Gasteiger partial charge in [-0.05, 0) is 12.1 Å². The number of imide groups is 1. The molecule has 7 heteroatoms. The third-order valence-corrected chi connectivity index (χ3v) is 4.04. The van der Waals surface area contributed by atoms with E-state index in [0.29, 0.717) is 5.69 Å². The number of anilines is 1. The monoisotopic (exact) mass is 295 g/mol. The van der Waals surface area contributed by atoms with Crippen LogP contribution in [0.4, 0.5) is 5.69 Å². The van der Waals surface area contributed by atoms with E-state index >= 15 is 0 Å². The summed E-state index contributed by atoms with van der Waals surface area (Å²) in [5.74, 6) is -1.37. The number of phenols is 1. The van der Waals surface area contributed by atoms with Crippen LogP contribution in [0.1, 0.15) is 12.8 Å². The van der Waals surface area contributed by atoms with Crippen LogP contribution < -0.4 is 4.90 Å². The van der Waals surface area contributed by atoms with E-state index in [9.17, 15) is 19.5 Å². The molecule has 6 nitrogen and oxygen atoms in total. The van der Waals surface area contributed by atoms with Crippen LogP contribution in [0.5, 0.6) is 5.75 Å². The number of benzene rings is 1. The zero-order valence-electron chi connectivity index (χ0n) is 10.5. The molecule has 1 saturated heterocycles. The SMILES string of the molecule is O=C(O)CCSC1CC(=O)N(c2cccc(O)c2)C1=O. The number of carboxylic acid groups (broad SMARTS) is 1. The van der Waals surface area contributed by atoms with Gasteiger partial charge in [0.25, 0.3) is 0 Å². The molecule has 1 aliphatic heterocycles. The van der Waals surface area contributed by atoms with E-state index in [1.54, 1.807) is 12.1 Å². The van der Waals surface area contributed by atoms with Crippen molar-refractivity contribution in [1.82, 2.24) is 0 Å². The van der Waals surface area contributed by atoms with Crippen molar-refractivity contribution in [2.75, 3.05) is 10.7 Å². The minimum atomic E-state index is -0.931. The molecule has 1 heterocycles. The third kappa shape index (κ3) is 3.11. The van der Waals surface area contributed by atoms with Crippen molar-refractivity contribution in [3.05, 3.63) is 24.3 Å². The number of rotatable bonds is 5. The second-order valence-corrected chi connectivity index (χ2v) is 5.61. The standard InChI is InChI=1S/C13H13NO5S/c15-9-3-1-2-8(6-9)14-11(16)7-10(13(14)19)20-5-4-12(17)18/h1-3,6,10,15H,4-5,7H2,(H,17,18). The summed E-state index contributed by atoms with van der Waals surface area (Å²) in [4.78, 5) is 35.5. The van der Waals surface area contributed by atoms with Gasteiger partial charge >= 0.3 is 5.97 Å². The fourth-order valence-corrected chi connectivity index (χ4v) is 3.01. The number of nitrogens with zero attached hydrogens (tertiary/aromatic N) is 1.